The molecule has 2 unspecified atom stereocenters. The van der Waals surface area contributed by atoms with Crippen LogP contribution < -0.4 is 33.3 Å². The molecule has 25 nitrogen and oxygen atoms in total. The second-order valence-corrected chi connectivity index (χ2v) is 32.3. The van der Waals surface area contributed by atoms with E-state index in [1.165, 1.54) is 24.1 Å². The van der Waals surface area contributed by atoms with Crippen molar-refractivity contribution in [2.45, 2.75) is 204 Å². The highest BCUT2D eigenvalue weighted by atomic mass is 32.2. The smallest absolute Gasteiger partial charge is 0.417 e. The van der Waals surface area contributed by atoms with Crippen molar-refractivity contribution >= 4 is 57.7 Å². The van der Waals surface area contributed by atoms with Crippen LogP contribution in [0.4, 0.5) is 10.5 Å². The summed E-state index contributed by atoms with van der Waals surface area (Å²) in [5.74, 6) is 2.96. The van der Waals surface area contributed by atoms with Gasteiger partial charge >= 0.3 is 6.09 Å². The Balaban J connectivity index is 0.000000160. The second-order valence-electron chi connectivity index (χ2n) is 30.6. The van der Waals surface area contributed by atoms with Crippen molar-refractivity contribution in [2.24, 2.45) is 0 Å². The molecule has 10 heterocycles. The zero-order valence-electron chi connectivity index (χ0n) is 64.4. The lowest BCUT2D eigenvalue weighted by molar-refractivity contribution is -0.254. The van der Waals surface area contributed by atoms with Crippen LogP contribution in [0.1, 0.15) is 206 Å². The maximum Gasteiger partial charge on any atom is 0.417 e. The summed E-state index contributed by atoms with van der Waals surface area (Å²) in [5, 5.41) is 10.5. The van der Waals surface area contributed by atoms with Crippen molar-refractivity contribution in [1.82, 2.24) is 19.6 Å². The maximum absolute atomic E-state index is 13.9. The molecule has 26 heteroatoms. The first-order chi connectivity index (χ1) is 52.3. The molecule has 0 radical (unpaired) electrons. The number of ether oxygens (including phenoxy) is 11. The molecule has 590 valence electrons. The lowest BCUT2D eigenvalue weighted by Crippen LogP contribution is -2.54. The number of methoxy groups -OCH3 is 3. The topological polar surface area (TPSA) is 267 Å². The molecule has 10 aliphatic rings. The number of aromatic hydroxyl groups is 1. The van der Waals surface area contributed by atoms with Gasteiger partial charge in [0.15, 0.2) is 59.0 Å². The fourth-order valence-electron chi connectivity index (χ4n) is 16.0. The fourth-order valence-corrected chi connectivity index (χ4v) is 16.4. The monoisotopic (exact) mass is 1530 g/mol. The van der Waals surface area contributed by atoms with E-state index in [0.29, 0.717) is 112 Å². The molecule has 7 atom stereocenters. The number of nitrogens with zero attached hydrogens (tertiary/aromatic N) is 5. The maximum atomic E-state index is 13.9. The van der Waals surface area contributed by atoms with Gasteiger partial charge in [0.25, 0.3) is 33.7 Å². The van der Waals surface area contributed by atoms with Gasteiger partial charge in [-0.1, -0.05) is 48.6 Å². The van der Waals surface area contributed by atoms with Crippen molar-refractivity contribution in [3.63, 3.8) is 0 Å². The number of amides is 5. The van der Waals surface area contributed by atoms with Crippen LogP contribution in [0.5, 0.6) is 40.2 Å². The van der Waals surface area contributed by atoms with E-state index in [1.54, 1.807) is 46.0 Å². The van der Waals surface area contributed by atoms with Gasteiger partial charge in [0.2, 0.25) is 0 Å². The third-order valence-electron chi connectivity index (χ3n) is 21.4. The van der Waals surface area contributed by atoms with E-state index in [-0.39, 0.29) is 71.4 Å². The summed E-state index contributed by atoms with van der Waals surface area (Å²) < 4.78 is 91.5. The summed E-state index contributed by atoms with van der Waals surface area (Å²) in [5.41, 5.74) is 6.54. The van der Waals surface area contributed by atoms with Crippen LogP contribution in [-0.4, -0.2) is 205 Å². The summed E-state index contributed by atoms with van der Waals surface area (Å²) in [6.07, 6.45) is 24.0. The summed E-state index contributed by atoms with van der Waals surface area (Å²) in [4.78, 5) is 75.8. The molecule has 5 amide bonds. The average Bonchev–Trinajstić information content (AvgIpc) is 1.61. The van der Waals surface area contributed by atoms with Gasteiger partial charge in [0.1, 0.15) is 11.4 Å². The number of benzene rings is 4. The Bertz CT molecular complexity index is 4210. The van der Waals surface area contributed by atoms with E-state index in [1.807, 2.05) is 58.0 Å². The summed E-state index contributed by atoms with van der Waals surface area (Å²) >= 11 is 0. The highest BCUT2D eigenvalue weighted by Crippen LogP contribution is 2.47. The Kier molecular flexibility index (Phi) is 25.8. The Morgan fingerprint density at radius 2 is 1.16 bits per heavy atom. The molecular formula is C83H107N5O20S. The molecule has 6 saturated heterocycles. The number of anilines is 1. The van der Waals surface area contributed by atoms with Crippen LogP contribution in [0.2, 0.25) is 0 Å². The number of hydrogen-bond donors (Lipinski definition) is 1. The van der Waals surface area contributed by atoms with Crippen molar-refractivity contribution in [2.75, 3.05) is 98.3 Å². The molecule has 10 aliphatic heterocycles. The number of fused-ring (bicyclic) bond motifs is 8. The van der Waals surface area contributed by atoms with Crippen molar-refractivity contribution in [3.05, 3.63) is 129 Å². The van der Waals surface area contributed by atoms with Gasteiger partial charge in [0, 0.05) is 57.4 Å². The van der Waals surface area contributed by atoms with E-state index in [0.717, 1.165) is 160 Å². The minimum absolute atomic E-state index is 0.000629. The van der Waals surface area contributed by atoms with Crippen LogP contribution in [0.15, 0.2) is 85.0 Å². The highest BCUT2D eigenvalue weighted by Gasteiger charge is 2.52. The predicted molar refractivity (Wildman–Crippen MR) is 409 cm³/mol. The molecule has 109 heavy (non-hydrogen) atoms. The lowest BCUT2D eigenvalue weighted by Gasteiger charge is -2.40. The minimum Gasteiger partial charge on any atom is -0.504 e. The molecule has 14 rings (SSSR count). The molecular weight excluding hydrogens is 1420 g/mol. The number of phenolic OH excluding ortho intramolecular Hbond substituents is 1. The van der Waals surface area contributed by atoms with E-state index >= 15 is 0 Å². The van der Waals surface area contributed by atoms with Gasteiger partial charge in [0.05, 0.1) is 94.5 Å². The number of aryl methyl sites for hydroxylation is 2. The predicted octanol–water partition coefficient (Wildman–Crippen LogP) is 13.5. The average molecular weight is 1530 g/mol. The third-order valence-corrected chi connectivity index (χ3v) is 22.0. The van der Waals surface area contributed by atoms with E-state index < -0.39 is 46.1 Å². The zero-order chi connectivity index (χ0) is 77.3. The van der Waals surface area contributed by atoms with Crippen LogP contribution in [0, 0.1) is 6.92 Å². The first kappa shape index (κ1) is 79.9. The van der Waals surface area contributed by atoms with E-state index in [9.17, 15) is 37.5 Å². The molecule has 0 saturated carbocycles. The Morgan fingerprint density at radius 3 is 1.71 bits per heavy atom. The highest BCUT2D eigenvalue weighted by molar-refractivity contribution is 7.86. The number of hydrogen-bond acceptors (Lipinski definition) is 20. The normalized spacial score (nSPS) is 23.4. The largest absolute Gasteiger partial charge is 0.504 e. The van der Waals surface area contributed by atoms with Crippen LogP contribution in [-0.2, 0) is 44.4 Å². The van der Waals surface area contributed by atoms with Gasteiger partial charge in [-0.2, -0.15) is 8.42 Å². The molecule has 0 bridgehead atoms. The van der Waals surface area contributed by atoms with Gasteiger partial charge < -0.3 is 76.8 Å². The summed E-state index contributed by atoms with van der Waals surface area (Å²) in [6, 6.07) is 14.1. The lowest BCUT2D eigenvalue weighted by atomic mass is 9.97. The number of rotatable bonds is 23. The van der Waals surface area contributed by atoms with Gasteiger partial charge in [-0.05, 0) is 214 Å². The number of phenols is 1. The first-order valence-corrected chi connectivity index (χ1v) is 40.4. The molecule has 0 aromatic heterocycles. The number of unbranched alkanes of at least 4 members (excludes halogenated alkanes) is 4. The first-order valence-electron chi connectivity index (χ1n) is 38.6. The quantitative estimate of drug-likeness (QED) is 0.0411. The fraction of sp³-hybridized carbons (Fsp3) is 0.554. The minimum atomic E-state index is -3.38. The SMILES string of the molecule is C=C1CN2C(=O)c3cc(C)c(OCCCCCOc4cc5c(cc4OC)C(=O)N4CCC[C@H]4C=C5)cc3CC[C@]2(OC2CCCCO2)C1.C=C1C[C@H]2[C@H](OC3CCCCO3)N(C(=O)OC(C)(C)C)c3cc(O)c(OC)cc3C(=O)N2C1.COc1cc2c(cc1OCCCCCOS(C)(=O)=O)C=C[C@@H]1CCCN1C2=O. The standard InChI is InChI=1S/C39H48N2O7.C24H32N2O7.C20H27NO6S/c1-26-24-39(48-36-11-5-8-19-47-36)15-14-29-21-33(27(2)20-31(29)38(43)41(39)25-26)45-17-6-4-7-18-46-35-22-28-12-13-30-10-9-16-40(30)37(42)32(28)23-34(35)44-3;1-14-10-17-22(32-20-8-6-7-9-31-20)26(23(29)33-24(2,3)4)16-12-18(27)19(30-5)11-15(16)21(28)25(17)13-14;1-25-18-14-17-15(8-9-16-7-6-10-21(16)20(17)22)13-19(18)26-11-4-3-5-12-27-28(2,23)24/h12-13,20-23,30,36H,1,4-11,14-19,24-25H2,2-3H3;11-12,17,20,22,27H,1,6-10,13H2,2-5H3;8-9,13-14,16H,3-7,10-12H2,1-2H3/t30-,36?,39-;17-,20?,22-;16-/m000/s1. The summed E-state index contributed by atoms with van der Waals surface area (Å²) in [7, 11) is 1.20. The molecule has 0 aliphatic carbocycles. The Labute approximate surface area is 640 Å². The molecule has 4 aromatic rings. The molecule has 0 spiro atoms. The Morgan fingerprint density at radius 1 is 0.606 bits per heavy atom. The number of carbonyl (C=O) groups excluding carboxylic acids is 5. The van der Waals surface area contributed by atoms with Crippen LogP contribution in [0.25, 0.3) is 12.2 Å². The Hall–Kier alpha value is -8.66. The van der Waals surface area contributed by atoms with Gasteiger partial charge in [-0.3, -0.25) is 23.4 Å². The van der Waals surface area contributed by atoms with Crippen molar-refractivity contribution in [3.8, 4) is 40.2 Å². The van der Waals surface area contributed by atoms with Gasteiger partial charge in [-0.15, -0.1) is 0 Å². The van der Waals surface area contributed by atoms with Crippen LogP contribution >= 0.6 is 0 Å². The molecule has 1 N–H and O–H groups in total. The number of carbonyl (C=O) groups is 5. The van der Waals surface area contributed by atoms with E-state index in [2.05, 4.69) is 31.4 Å². The van der Waals surface area contributed by atoms with Crippen molar-refractivity contribution in [1.29, 1.82) is 0 Å². The summed E-state index contributed by atoms with van der Waals surface area (Å²) in [6.45, 7) is 21.1. The van der Waals surface area contributed by atoms with Crippen LogP contribution in [0.3, 0.4) is 0 Å². The third kappa shape index (κ3) is 18.9. The zero-order valence-corrected chi connectivity index (χ0v) is 65.2. The van der Waals surface area contributed by atoms with E-state index in [4.69, 9.17) is 56.3 Å². The molecule has 4 aromatic carbocycles. The van der Waals surface area contributed by atoms with Gasteiger partial charge in [-0.25, -0.2) is 9.69 Å². The van der Waals surface area contributed by atoms with Crippen molar-refractivity contribution < 1.29 is 93.8 Å². The molecule has 6 fully saturated rings. The second kappa shape index (κ2) is 35.1.